The van der Waals surface area contributed by atoms with Crippen LogP contribution in [-0.4, -0.2) is 26.2 Å². The summed E-state index contributed by atoms with van der Waals surface area (Å²) in [6, 6.07) is 14.6. The molecule has 2 rings (SSSR count). The molecule has 0 heterocycles. The van der Waals surface area contributed by atoms with Gasteiger partial charge in [0.25, 0.3) is 0 Å². The van der Waals surface area contributed by atoms with Gasteiger partial charge in [0, 0.05) is 6.42 Å². The molecule has 0 aliphatic heterocycles. The molecule has 2 aromatic rings. The van der Waals surface area contributed by atoms with Crippen molar-refractivity contribution in [1.29, 1.82) is 5.26 Å². The fraction of sp³-hybridized carbons (Fsp3) is 0.263. The second-order valence-electron chi connectivity index (χ2n) is 5.91. The number of amides is 1. The van der Waals surface area contributed by atoms with E-state index < -0.39 is 15.7 Å². The number of nitrogens with one attached hydrogen (secondary N) is 1. The van der Waals surface area contributed by atoms with Gasteiger partial charge in [0.15, 0.2) is 9.84 Å². The molecule has 0 aliphatic carbocycles. The molecule has 136 valence electrons. The lowest BCUT2D eigenvalue weighted by Crippen LogP contribution is -2.18. The molecule has 1 N–H and O–H groups in total. The maximum absolute atomic E-state index is 12.4. The van der Waals surface area contributed by atoms with E-state index in [1.807, 2.05) is 19.9 Å². The Balaban J connectivity index is 1.99. The normalized spacial score (nSPS) is 11.0. The standard InChI is InChI=1S/C19H20N2O4S/c1-14(2)25-16-7-9-17(10-8-16)26(23,24)12-11-19(22)21-18-6-4-3-5-15(18)13-20/h3-10,14H,11-12H2,1-2H3,(H,21,22). The highest BCUT2D eigenvalue weighted by Crippen LogP contribution is 2.19. The van der Waals surface area contributed by atoms with Crippen LogP contribution in [0.15, 0.2) is 53.4 Å². The molecule has 7 heteroatoms. The molecule has 0 aliphatic rings. The fourth-order valence-electron chi connectivity index (χ4n) is 2.24. The van der Waals surface area contributed by atoms with Crippen LogP contribution in [0, 0.1) is 11.3 Å². The lowest BCUT2D eigenvalue weighted by atomic mass is 10.2. The minimum atomic E-state index is -3.59. The number of hydrogen-bond donors (Lipinski definition) is 1. The lowest BCUT2D eigenvalue weighted by molar-refractivity contribution is -0.115. The third-order valence-electron chi connectivity index (χ3n) is 3.47. The molecule has 0 spiro atoms. The van der Waals surface area contributed by atoms with E-state index in [0.717, 1.165) is 0 Å². The number of carbonyl (C=O) groups excluding carboxylic acids is 1. The quantitative estimate of drug-likeness (QED) is 0.805. The average Bonchev–Trinajstić information content (AvgIpc) is 2.60. The number of rotatable bonds is 7. The summed E-state index contributed by atoms with van der Waals surface area (Å²) in [6.45, 7) is 3.77. The molecular weight excluding hydrogens is 352 g/mol. The number of nitriles is 1. The van der Waals surface area contributed by atoms with Crippen molar-refractivity contribution in [3.63, 3.8) is 0 Å². The SMILES string of the molecule is CC(C)Oc1ccc(S(=O)(=O)CCC(=O)Nc2ccccc2C#N)cc1. The van der Waals surface area contributed by atoms with Crippen molar-refractivity contribution in [3.05, 3.63) is 54.1 Å². The molecule has 0 bridgehead atoms. The van der Waals surface area contributed by atoms with Crippen LogP contribution in [0.3, 0.4) is 0 Å². The van der Waals surface area contributed by atoms with Gasteiger partial charge >= 0.3 is 0 Å². The van der Waals surface area contributed by atoms with E-state index in [1.165, 1.54) is 12.1 Å². The molecule has 0 radical (unpaired) electrons. The van der Waals surface area contributed by atoms with Crippen LogP contribution in [0.2, 0.25) is 0 Å². The van der Waals surface area contributed by atoms with Crippen LogP contribution in [0.1, 0.15) is 25.8 Å². The van der Waals surface area contributed by atoms with Crippen LogP contribution < -0.4 is 10.1 Å². The van der Waals surface area contributed by atoms with Crippen molar-refractivity contribution in [2.45, 2.75) is 31.3 Å². The predicted octanol–water partition coefficient (Wildman–Crippen LogP) is 3.15. The minimum absolute atomic E-state index is 0.00237. The molecule has 1 amide bonds. The third kappa shape index (κ3) is 5.33. The van der Waals surface area contributed by atoms with E-state index in [2.05, 4.69) is 5.32 Å². The zero-order valence-electron chi connectivity index (χ0n) is 14.6. The van der Waals surface area contributed by atoms with Crippen LogP contribution in [0.5, 0.6) is 5.75 Å². The second kappa shape index (κ2) is 8.50. The first-order valence-electron chi connectivity index (χ1n) is 8.10. The highest BCUT2D eigenvalue weighted by Gasteiger charge is 2.17. The molecule has 2 aromatic carbocycles. The highest BCUT2D eigenvalue weighted by atomic mass is 32.2. The Morgan fingerprint density at radius 2 is 1.81 bits per heavy atom. The summed E-state index contributed by atoms with van der Waals surface area (Å²) in [7, 11) is -3.59. The van der Waals surface area contributed by atoms with Gasteiger partial charge in [0.05, 0.1) is 28.0 Å². The Hall–Kier alpha value is -2.85. The van der Waals surface area contributed by atoms with Crippen molar-refractivity contribution in [1.82, 2.24) is 0 Å². The first-order valence-corrected chi connectivity index (χ1v) is 9.75. The van der Waals surface area contributed by atoms with E-state index in [9.17, 15) is 13.2 Å². The van der Waals surface area contributed by atoms with Gasteiger partial charge in [-0.05, 0) is 50.2 Å². The van der Waals surface area contributed by atoms with Crippen molar-refractivity contribution in [2.24, 2.45) is 0 Å². The molecule has 0 atom stereocenters. The Bertz CT molecular complexity index is 913. The molecule has 26 heavy (non-hydrogen) atoms. The van der Waals surface area contributed by atoms with Crippen LogP contribution in [0.25, 0.3) is 0 Å². The second-order valence-corrected chi connectivity index (χ2v) is 8.02. The number of carbonyl (C=O) groups is 1. The minimum Gasteiger partial charge on any atom is -0.491 e. The first kappa shape index (κ1) is 19.5. The fourth-order valence-corrected chi connectivity index (χ4v) is 3.49. The highest BCUT2D eigenvalue weighted by molar-refractivity contribution is 7.91. The van der Waals surface area contributed by atoms with Gasteiger partial charge in [-0.25, -0.2) is 8.42 Å². The van der Waals surface area contributed by atoms with Crippen molar-refractivity contribution in [2.75, 3.05) is 11.1 Å². The monoisotopic (exact) mass is 372 g/mol. The topological polar surface area (TPSA) is 96.3 Å². The molecular formula is C19H20N2O4S. The number of nitrogens with zero attached hydrogens (tertiary/aromatic N) is 1. The van der Waals surface area contributed by atoms with E-state index in [1.54, 1.807) is 36.4 Å². The number of para-hydroxylation sites is 1. The van der Waals surface area contributed by atoms with Gasteiger partial charge in [-0.3, -0.25) is 4.79 Å². The Morgan fingerprint density at radius 1 is 1.15 bits per heavy atom. The van der Waals surface area contributed by atoms with Gasteiger partial charge in [0.2, 0.25) is 5.91 Å². The van der Waals surface area contributed by atoms with Gasteiger partial charge in [-0.15, -0.1) is 0 Å². The first-order chi connectivity index (χ1) is 12.3. The number of sulfone groups is 1. The molecule has 0 saturated carbocycles. The largest absolute Gasteiger partial charge is 0.491 e. The van der Waals surface area contributed by atoms with Gasteiger partial charge in [0.1, 0.15) is 11.8 Å². The summed E-state index contributed by atoms with van der Waals surface area (Å²) in [5.41, 5.74) is 0.692. The Morgan fingerprint density at radius 3 is 2.42 bits per heavy atom. The average molecular weight is 372 g/mol. The summed E-state index contributed by atoms with van der Waals surface area (Å²) in [4.78, 5) is 12.2. The van der Waals surface area contributed by atoms with Crippen molar-refractivity contribution in [3.8, 4) is 11.8 Å². The molecule has 0 fully saturated rings. The number of ether oxygens (including phenoxy) is 1. The number of hydrogen-bond acceptors (Lipinski definition) is 5. The van der Waals surface area contributed by atoms with Crippen LogP contribution in [-0.2, 0) is 14.6 Å². The summed E-state index contributed by atoms with van der Waals surface area (Å²) in [5, 5.41) is 11.6. The number of anilines is 1. The van der Waals surface area contributed by atoms with E-state index in [4.69, 9.17) is 10.00 Å². The Labute approximate surface area is 153 Å². The predicted molar refractivity (Wildman–Crippen MR) is 98.7 cm³/mol. The summed E-state index contributed by atoms with van der Waals surface area (Å²) < 4.78 is 30.2. The number of benzene rings is 2. The summed E-state index contributed by atoms with van der Waals surface area (Å²) in [5.74, 6) is -0.196. The van der Waals surface area contributed by atoms with Gasteiger partial charge in [-0.1, -0.05) is 12.1 Å². The van der Waals surface area contributed by atoms with Crippen molar-refractivity contribution < 1.29 is 17.9 Å². The zero-order valence-corrected chi connectivity index (χ0v) is 15.4. The van der Waals surface area contributed by atoms with Gasteiger partial charge < -0.3 is 10.1 Å². The smallest absolute Gasteiger partial charge is 0.225 e. The lowest BCUT2D eigenvalue weighted by Gasteiger charge is -2.10. The van der Waals surface area contributed by atoms with Crippen molar-refractivity contribution >= 4 is 21.4 Å². The van der Waals surface area contributed by atoms with Gasteiger partial charge in [-0.2, -0.15) is 5.26 Å². The zero-order chi connectivity index (χ0) is 19.2. The third-order valence-corrected chi connectivity index (χ3v) is 5.21. The summed E-state index contributed by atoms with van der Waals surface area (Å²) in [6.07, 6.45) is -0.204. The van der Waals surface area contributed by atoms with Crippen LogP contribution in [0.4, 0.5) is 5.69 Å². The molecule has 0 aromatic heterocycles. The Kier molecular flexibility index (Phi) is 6.36. The molecule has 0 unspecified atom stereocenters. The molecule has 6 nitrogen and oxygen atoms in total. The maximum atomic E-state index is 12.4. The van der Waals surface area contributed by atoms with Crippen LogP contribution >= 0.6 is 0 Å². The summed E-state index contributed by atoms with van der Waals surface area (Å²) >= 11 is 0. The molecule has 0 saturated heterocycles. The van der Waals surface area contributed by atoms with E-state index >= 15 is 0 Å². The van der Waals surface area contributed by atoms with E-state index in [-0.39, 0.29) is 23.2 Å². The van der Waals surface area contributed by atoms with E-state index in [0.29, 0.717) is 17.0 Å². The maximum Gasteiger partial charge on any atom is 0.225 e.